The van der Waals surface area contributed by atoms with Gasteiger partial charge in [-0.3, -0.25) is 9.69 Å². The number of hydrogen-bond donors (Lipinski definition) is 1. The maximum absolute atomic E-state index is 12.1. The Hall–Kier alpha value is -1.84. The van der Waals surface area contributed by atoms with E-state index in [2.05, 4.69) is 34.5 Å². The normalized spacial score (nSPS) is 15.1. The van der Waals surface area contributed by atoms with Crippen LogP contribution in [0.25, 0.3) is 0 Å². The first-order chi connectivity index (χ1) is 12.2. The molecule has 0 radical (unpaired) electrons. The quantitative estimate of drug-likeness (QED) is 0.841. The van der Waals surface area contributed by atoms with E-state index in [9.17, 15) is 4.79 Å². The maximum atomic E-state index is 12.1. The van der Waals surface area contributed by atoms with Gasteiger partial charge in [-0.1, -0.05) is 54.4 Å². The Morgan fingerprint density at radius 1 is 0.960 bits per heavy atom. The van der Waals surface area contributed by atoms with Crippen molar-refractivity contribution >= 4 is 17.5 Å². The van der Waals surface area contributed by atoms with Gasteiger partial charge in [0.05, 0.1) is 6.42 Å². The van der Waals surface area contributed by atoms with E-state index < -0.39 is 0 Å². The summed E-state index contributed by atoms with van der Waals surface area (Å²) in [5, 5.41) is 3.64. The van der Waals surface area contributed by atoms with Crippen LogP contribution < -0.4 is 5.32 Å². The van der Waals surface area contributed by atoms with Crippen LogP contribution in [0.3, 0.4) is 0 Å². The largest absolute Gasteiger partial charge is 0.352 e. The minimum absolute atomic E-state index is 0.0136. The summed E-state index contributed by atoms with van der Waals surface area (Å²) < 4.78 is 0. The van der Waals surface area contributed by atoms with Gasteiger partial charge in [-0.05, 0) is 54.8 Å². The van der Waals surface area contributed by atoms with E-state index >= 15 is 0 Å². The molecule has 1 saturated heterocycles. The topological polar surface area (TPSA) is 32.3 Å². The van der Waals surface area contributed by atoms with Crippen LogP contribution in [0.5, 0.6) is 0 Å². The molecule has 4 heteroatoms. The third-order valence-corrected chi connectivity index (χ3v) is 4.86. The van der Waals surface area contributed by atoms with Gasteiger partial charge in [0, 0.05) is 18.1 Å². The Balaban J connectivity index is 1.45. The fourth-order valence-corrected chi connectivity index (χ4v) is 3.45. The van der Waals surface area contributed by atoms with Gasteiger partial charge in [-0.2, -0.15) is 0 Å². The van der Waals surface area contributed by atoms with Gasteiger partial charge in [0.25, 0.3) is 0 Å². The molecule has 1 aliphatic heterocycles. The number of benzene rings is 2. The van der Waals surface area contributed by atoms with Gasteiger partial charge < -0.3 is 5.32 Å². The van der Waals surface area contributed by atoms with Crippen molar-refractivity contribution < 1.29 is 4.79 Å². The predicted molar refractivity (Wildman–Crippen MR) is 103 cm³/mol. The van der Waals surface area contributed by atoms with Gasteiger partial charge in [-0.25, -0.2) is 0 Å². The van der Waals surface area contributed by atoms with Crippen molar-refractivity contribution in [3.05, 3.63) is 70.2 Å². The number of nitrogens with zero attached hydrogens (tertiary/aromatic N) is 1. The van der Waals surface area contributed by atoms with Crippen LogP contribution in [0, 0.1) is 0 Å². The van der Waals surface area contributed by atoms with Gasteiger partial charge in [-0.15, -0.1) is 0 Å². The number of likely N-dealkylation sites (tertiary alicyclic amines) is 1. The summed E-state index contributed by atoms with van der Waals surface area (Å²) in [7, 11) is 0. The molecule has 1 aliphatic rings. The van der Waals surface area contributed by atoms with Crippen LogP contribution in [0.2, 0.25) is 5.02 Å². The first kappa shape index (κ1) is 18.0. The van der Waals surface area contributed by atoms with E-state index in [1.54, 1.807) is 0 Å². The van der Waals surface area contributed by atoms with E-state index in [1.807, 2.05) is 24.3 Å². The predicted octanol–water partition coefficient (Wildman–Crippen LogP) is 4.18. The fraction of sp³-hybridized carbons (Fsp3) is 0.381. The Kier molecular flexibility index (Phi) is 6.48. The molecule has 0 spiro atoms. The van der Waals surface area contributed by atoms with E-state index in [0.29, 0.717) is 18.0 Å². The first-order valence-electron chi connectivity index (χ1n) is 9.00. The number of hydrogen-bond acceptors (Lipinski definition) is 2. The third kappa shape index (κ3) is 5.87. The number of piperidine rings is 1. The van der Waals surface area contributed by atoms with E-state index in [0.717, 1.165) is 17.7 Å². The number of amides is 1. The van der Waals surface area contributed by atoms with Crippen LogP contribution >= 0.6 is 11.6 Å². The monoisotopic (exact) mass is 356 g/mol. The summed E-state index contributed by atoms with van der Waals surface area (Å²) in [6.45, 7) is 4.01. The van der Waals surface area contributed by atoms with Crippen LogP contribution in [-0.2, 0) is 24.3 Å². The summed E-state index contributed by atoms with van der Waals surface area (Å²) >= 11 is 5.95. The highest BCUT2D eigenvalue weighted by Crippen LogP contribution is 2.14. The molecule has 132 valence electrons. The first-order valence-corrected chi connectivity index (χ1v) is 9.38. The number of rotatable bonds is 6. The average molecular weight is 357 g/mol. The second kappa shape index (κ2) is 9.02. The van der Waals surface area contributed by atoms with Gasteiger partial charge in [0.2, 0.25) is 5.91 Å². The zero-order chi connectivity index (χ0) is 17.5. The van der Waals surface area contributed by atoms with Crippen molar-refractivity contribution in [1.82, 2.24) is 10.2 Å². The average Bonchev–Trinajstić information content (AvgIpc) is 2.62. The molecule has 25 heavy (non-hydrogen) atoms. The smallest absolute Gasteiger partial charge is 0.224 e. The molecule has 0 aromatic heterocycles. The van der Waals surface area contributed by atoms with Gasteiger partial charge in [0.1, 0.15) is 0 Å². The highest BCUT2D eigenvalue weighted by atomic mass is 35.5. The van der Waals surface area contributed by atoms with E-state index in [-0.39, 0.29) is 5.91 Å². The molecule has 3 rings (SSSR count). The zero-order valence-corrected chi connectivity index (χ0v) is 15.3. The molecule has 0 atom stereocenters. The minimum Gasteiger partial charge on any atom is -0.352 e. The lowest BCUT2D eigenvalue weighted by molar-refractivity contribution is -0.120. The number of carbonyl (C=O) groups is 1. The molecule has 1 N–H and O–H groups in total. The Bertz CT molecular complexity index is 693. The highest BCUT2D eigenvalue weighted by Gasteiger charge is 2.10. The van der Waals surface area contributed by atoms with E-state index in [1.165, 1.54) is 37.9 Å². The standard InChI is InChI=1S/C21H25ClN2O/c22-20-6-4-5-19(13-20)14-21(25)23-15-17-7-9-18(10-8-17)16-24-11-2-1-3-12-24/h4-10,13H,1-3,11-12,14-16H2,(H,23,25). The van der Waals surface area contributed by atoms with Crippen molar-refractivity contribution in [2.24, 2.45) is 0 Å². The molecule has 0 bridgehead atoms. The molecule has 1 fully saturated rings. The molecule has 3 nitrogen and oxygen atoms in total. The second-order valence-electron chi connectivity index (χ2n) is 6.74. The molecule has 1 amide bonds. The van der Waals surface area contributed by atoms with Crippen molar-refractivity contribution in [2.75, 3.05) is 13.1 Å². The Labute approximate surface area is 155 Å². The highest BCUT2D eigenvalue weighted by molar-refractivity contribution is 6.30. The lowest BCUT2D eigenvalue weighted by Crippen LogP contribution is -2.29. The molecule has 2 aromatic carbocycles. The van der Waals surface area contributed by atoms with E-state index in [4.69, 9.17) is 11.6 Å². The third-order valence-electron chi connectivity index (χ3n) is 4.62. The summed E-state index contributed by atoms with van der Waals surface area (Å²) in [6, 6.07) is 16.0. The summed E-state index contributed by atoms with van der Waals surface area (Å²) in [4.78, 5) is 14.6. The maximum Gasteiger partial charge on any atom is 0.224 e. The second-order valence-corrected chi connectivity index (χ2v) is 7.17. The molecule has 2 aromatic rings. The fourth-order valence-electron chi connectivity index (χ4n) is 3.23. The lowest BCUT2D eigenvalue weighted by Gasteiger charge is -2.26. The Morgan fingerprint density at radius 3 is 2.40 bits per heavy atom. The molecule has 0 aliphatic carbocycles. The molecular formula is C21H25ClN2O. The molecular weight excluding hydrogens is 332 g/mol. The van der Waals surface area contributed by atoms with Crippen molar-refractivity contribution in [1.29, 1.82) is 0 Å². The van der Waals surface area contributed by atoms with Crippen molar-refractivity contribution in [3.63, 3.8) is 0 Å². The summed E-state index contributed by atoms with van der Waals surface area (Å²) in [6.07, 6.45) is 4.35. The van der Waals surface area contributed by atoms with Crippen molar-refractivity contribution in [2.45, 2.75) is 38.8 Å². The molecule has 0 saturated carbocycles. The van der Waals surface area contributed by atoms with Crippen molar-refractivity contribution in [3.8, 4) is 0 Å². The zero-order valence-electron chi connectivity index (χ0n) is 14.5. The van der Waals surface area contributed by atoms with Crippen LogP contribution in [0.4, 0.5) is 0 Å². The number of nitrogens with one attached hydrogen (secondary N) is 1. The molecule has 0 unspecified atom stereocenters. The van der Waals surface area contributed by atoms with Gasteiger partial charge in [0.15, 0.2) is 0 Å². The molecule has 1 heterocycles. The SMILES string of the molecule is O=C(Cc1cccc(Cl)c1)NCc1ccc(CN2CCCCC2)cc1. The summed E-state index contributed by atoms with van der Waals surface area (Å²) in [5.74, 6) is 0.0136. The Morgan fingerprint density at radius 2 is 1.68 bits per heavy atom. The van der Waals surface area contributed by atoms with Crippen LogP contribution in [0.1, 0.15) is 36.0 Å². The summed E-state index contributed by atoms with van der Waals surface area (Å²) in [5.41, 5.74) is 3.40. The lowest BCUT2D eigenvalue weighted by atomic mass is 10.1. The van der Waals surface area contributed by atoms with Crippen LogP contribution in [-0.4, -0.2) is 23.9 Å². The minimum atomic E-state index is 0.0136. The number of halogens is 1. The number of carbonyl (C=O) groups excluding carboxylic acids is 1. The van der Waals surface area contributed by atoms with Gasteiger partial charge >= 0.3 is 0 Å². The van der Waals surface area contributed by atoms with Crippen LogP contribution in [0.15, 0.2) is 48.5 Å².